The zero-order valence-corrected chi connectivity index (χ0v) is 19.0. The van der Waals surface area contributed by atoms with E-state index in [0.29, 0.717) is 12.1 Å². The first kappa shape index (κ1) is 20.1. The Morgan fingerprint density at radius 1 is 1.09 bits per heavy atom. The summed E-state index contributed by atoms with van der Waals surface area (Å²) in [5, 5.41) is 10.5. The molecule has 0 amide bonds. The Kier molecular flexibility index (Phi) is 4.91. The van der Waals surface area contributed by atoms with Crippen molar-refractivity contribution >= 4 is 22.8 Å². The van der Waals surface area contributed by atoms with Crippen LogP contribution in [-0.2, 0) is 12.0 Å². The average molecular weight is 445 g/mol. The number of fused-ring (bicyclic) bond motifs is 1. The summed E-state index contributed by atoms with van der Waals surface area (Å²) in [4.78, 5) is 20.3. The third kappa shape index (κ3) is 3.38. The van der Waals surface area contributed by atoms with Gasteiger partial charge in [-0.05, 0) is 87.0 Å². The van der Waals surface area contributed by atoms with E-state index in [9.17, 15) is 10.1 Å². The molecule has 4 fully saturated rings. The molecule has 0 unspecified atom stereocenters. The Balaban J connectivity index is 1.18. The van der Waals surface area contributed by atoms with Crippen molar-refractivity contribution in [3.63, 3.8) is 0 Å². The lowest BCUT2D eigenvalue weighted by Crippen LogP contribution is -2.49. The van der Waals surface area contributed by atoms with Gasteiger partial charge in [0.05, 0.1) is 16.6 Å². The zero-order valence-electron chi connectivity index (χ0n) is 18.2. The number of rotatable bonds is 6. The molecule has 3 aromatic rings. The van der Waals surface area contributed by atoms with E-state index < -0.39 is 0 Å². The van der Waals surface area contributed by atoms with Gasteiger partial charge in [-0.2, -0.15) is 5.26 Å². The molecule has 4 aliphatic carbocycles. The van der Waals surface area contributed by atoms with Crippen LogP contribution in [0.2, 0.25) is 0 Å². The van der Waals surface area contributed by atoms with E-state index in [0.717, 1.165) is 46.0 Å². The van der Waals surface area contributed by atoms with Crippen LogP contribution in [0.25, 0.3) is 11.0 Å². The maximum absolute atomic E-state index is 12.3. The van der Waals surface area contributed by atoms with E-state index in [1.807, 2.05) is 30.3 Å². The third-order valence-electron chi connectivity index (χ3n) is 8.01. The van der Waals surface area contributed by atoms with E-state index in [-0.39, 0.29) is 11.1 Å². The number of benzene rings is 1. The first-order valence-corrected chi connectivity index (χ1v) is 12.8. The molecule has 32 heavy (non-hydrogen) atoms. The van der Waals surface area contributed by atoms with Crippen molar-refractivity contribution in [2.45, 2.75) is 61.9 Å². The van der Waals surface area contributed by atoms with E-state index in [1.165, 1.54) is 44.2 Å². The standard InChI is InChI=1S/C26H28N4OS/c27-16-20-6-7-23(26-13-17-10-18(14-26)12-19(11-17)15-26)29-24(20)32-9-3-8-30-22-5-2-1-4-21(22)28-25(30)31/h1-2,4-7,17-19H,3,8-15H2,(H,28,31). The summed E-state index contributed by atoms with van der Waals surface area (Å²) < 4.78 is 1.81. The number of nitriles is 1. The molecular formula is C26H28N4OS. The van der Waals surface area contributed by atoms with Gasteiger partial charge in [0.2, 0.25) is 0 Å². The van der Waals surface area contributed by atoms with E-state index in [2.05, 4.69) is 17.1 Å². The Bertz CT molecular complexity index is 1230. The molecule has 5 nitrogen and oxygen atoms in total. The largest absolute Gasteiger partial charge is 0.326 e. The van der Waals surface area contributed by atoms with Crippen LogP contribution in [0.4, 0.5) is 0 Å². The molecule has 1 N–H and O–H groups in total. The van der Waals surface area contributed by atoms with Crippen LogP contribution in [0.15, 0.2) is 46.2 Å². The Morgan fingerprint density at radius 2 is 1.81 bits per heavy atom. The number of pyridine rings is 1. The summed E-state index contributed by atoms with van der Waals surface area (Å²) in [7, 11) is 0. The predicted molar refractivity (Wildman–Crippen MR) is 127 cm³/mol. The molecule has 2 aromatic heterocycles. The smallest absolute Gasteiger partial charge is 0.306 e. The number of aryl methyl sites for hydroxylation is 1. The molecule has 0 spiro atoms. The van der Waals surface area contributed by atoms with Gasteiger partial charge in [0, 0.05) is 23.4 Å². The number of para-hydroxylation sites is 2. The van der Waals surface area contributed by atoms with Crippen LogP contribution in [0.3, 0.4) is 0 Å². The quantitative estimate of drug-likeness (QED) is 0.416. The molecular weight excluding hydrogens is 416 g/mol. The molecule has 1 aromatic carbocycles. The highest BCUT2D eigenvalue weighted by atomic mass is 32.2. The molecule has 6 heteroatoms. The fourth-order valence-corrected chi connectivity index (χ4v) is 7.97. The number of imidazole rings is 1. The van der Waals surface area contributed by atoms with E-state index in [4.69, 9.17) is 4.98 Å². The molecule has 0 saturated heterocycles. The third-order valence-corrected chi connectivity index (χ3v) is 9.09. The van der Waals surface area contributed by atoms with E-state index in [1.54, 1.807) is 16.3 Å². The number of nitrogens with zero attached hydrogens (tertiary/aromatic N) is 3. The summed E-state index contributed by atoms with van der Waals surface area (Å²) >= 11 is 1.66. The Morgan fingerprint density at radius 3 is 2.53 bits per heavy atom. The molecule has 164 valence electrons. The average Bonchev–Trinajstić information content (AvgIpc) is 3.10. The van der Waals surface area contributed by atoms with Crippen LogP contribution in [-0.4, -0.2) is 20.3 Å². The summed E-state index contributed by atoms with van der Waals surface area (Å²) in [5.41, 5.74) is 3.91. The van der Waals surface area contributed by atoms with Crippen LogP contribution < -0.4 is 5.69 Å². The van der Waals surface area contributed by atoms with Crippen molar-refractivity contribution in [1.82, 2.24) is 14.5 Å². The molecule has 4 aliphatic rings. The number of thioether (sulfide) groups is 1. The second-order valence-electron chi connectivity index (χ2n) is 10.2. The topological polar surface area (TPSA) is 74.5 Å². The van der Waals surface area contributed by atoms with Crippen molar-refractivity contribution in [2.75, 3.05) is 5.75 Å². The maximum atomic E-state index is 12.3. The Labute approximate surface area is 192 Å². The van der Waals surface area contributed by atoms with Gasteiger partial charge in [0.25, 0.3) is 0 Å². The van der Waals surface area contributed by atoms with Gasteiger partial charge < -0.3 is 4.98 Å². The fraction of sp³-hybridized carbons (Fsp3) is 0.500. The second kappa shape index (κ2) is 7.81. The van der Waals surface area contributed by atoms with Crippen LogP contribution in [0, 0.1) is 29.1 Å². The lowest BCUT2D eigenvalue weighted by Gasteiger charge is -2.56. The van der Waals surface area contributed by atoms with Crippen molar-refractivity contribution < 1.29 is 0 Å². The van der Waals surface area contributed by atoms with Crippen LogP contribution in [0.1, 0.15) is 56.2 Å². The molecule has 2 heterocycles. The van der Waals surface area contributed by atoms with Gasteiger partial charge in [-0.1, -0.05) is 12.1 Å². The summed E-state index contributed by atoms with van der Waals surface area (Å²) in [6, 6.07) is 14.3. The van der Waals surface area contributed by atoms with Crippen molar-refractivity contribution in [1.29, 1.82) is 5.26 Å². The summed E-state index contributed by atoms with van der Waals surface area (Å²) in [6.07, 6.45) is 8.96. The molecule has 4 bridgehead atoms. The van der Waals surface area contributed by atoms with Gasteiger partial charge in [0.15, 0.2) is 0 Å². The second-order valence-corrected chi connectivity index (χ2v) is 11.2. The number of hydrogen-bond donors (Lipinski definition) is 1. The molecule has 0 aliphatic heterocycles. The minimum absolute atomic E-state index is 0.0594. The summed E-state index contributed by atoms with van der Waals surface area (Å²) in [6.45, 7) is 0.659. The number of hydrogen-bond acceptors (Lipinski definition) is 4. The Hall–Kier alpha value is -2.52. The highest BCUT2D eigenvalue weighted by molar-refractivity contribution is 7.99. The first-order valence-electron chi connectivity index (χ1n) is 11.9. The van der Waals surface area contributed by atoms with Crippen LogP contribution >= 0.6 is 11.8 Å². The number of nitrogens with one attached hydrogen (secondary N) is 1. The lowest BCUT2D eigenvalue weighted by molar-refractivity contribution is -0.00744. The highest BCUT2D eigenvalue weighted by Gasteiger charge is 2.52. The van der Waals surface area contributed by atoms with Crippen molar-refractivity contribution in [2.24, 2.45) is 17.8 Å². The number of H-pyrrole nitrogens is 1. The van der Waals surface area contributed by atoms with Crippen molar-refractivity contribution in [3.05, 3.63) is 58.1 Å². The van der Waals surface area contributed by atoms with E-state index >= 15 is 0 Å². The maximum Gasteiger partial charge on any atom is 0.326 e. The molecule has 4 saturated carbocycles. The van der Waals surface area contributed by atoms with Crippen molar-refractivity contribution in [3.8, 4) is 6.07 Å². The lowest BCUT2D eigenvalue weighted by atomic mass is 9.49. The van der Waals surface area contributed by atoms with Crippen LogP contribution in [0.5, 0.6) is 0 Å². The minimum atomic E-state index is -0.0594. The fourth-order valence-electron chi connectivity index (χ4n) is 7.08. The SMILES string of the molecule is N#Cc1ccc(C23CC4CC(CC(C4)C2)C3)nc1SCCCn1c(=O)[nH]c2ccccc21. The minimum Gasteiger partial charge on any atom is -0.306 e. The first-order chi connectivity index (χ1) is 15.6. The highest BCUT2D eigenvalue weighted by Crippen LogP contribution is 2.60. The normalized spacial score (nSPS) is 28.3. The van der Waals surface area contributed by atoms with Gasteiger partial charge in [-0.15, -0.1) is 11.8 Å². The number of aromatic nitrogens is 3. The zero-order chi connectivity index (χ0) is 21.7. The van der Waals surface area contributed by atoms with Gasteiger partial charge in [-0.25, -0.2) is 9.78 Å². The monoisotopic (exact) mass is 444 g/mol. The number of aromatic amines is 1. The molecule has 7 rings (SSSR count). The van der Waals surface area contributed by atoms with Gasteiger partial charge in [-0.3, -0.25) is 4.57 Å². The summed E-state index contributed by atoms with van der Waals surface area (Å²) in [5.74, 6) is 3.47. The molecule has 0 atom stereocenters. The van der Waals surface area contributed by atoms with Gasteiger partial charge in [0.1, 0.15) is 11.1 Å². The predicted octanol–water partition coefficient (Wildman–Crippen LogP) is 5.25. The van der Waals surface area contributed by atoms with Gasteiger partial charge >= 0.3 is 5.69 Å². The molecule has 0 radical (unpaired) electrons.